The number of ether oxygens (including phenoxy) is 1. The molecule has 15 heavy (non-hydrogen) atoms. The summed E-state index contributed by atoms with van der Waals surface area (Å²) in [5, 5.41) is 0. The summed E-state index contributed by atoms with van der Waals surface area (Å²) < 4.78 is 5.65. The number of benzene rings is 1. The SMILES string of the molecule is C1=CCC(CCOCc2ccccc2)C1. The van der Waals surface area contributed by atoms with Crippen LogP contribution in [0.5, 0.6) is 0 Å². The topological polar surface area (TPSA) is 9.23 Å². The van der Waals surface area contributed by atoms with Crippen LogP contribution in [0.15, 0.2) is 42.5 Å². The van der Waals surface area contributed by atoms with Crippen molar-refractivity contribution in [3.8, 4) is 0 Å². The van der Waals surface area contributed by atoms with Crippen molar-refractivity contribution in [1.82, 2.24) is 0 Å². The average molecular weight is 202 g/mol. The van der Waals surface area contributed by atoms with Crippen LogP contribution in [-0.4, -0.2) is 6.61 Å². The van der Waals surface area contributed by atoms with E-state index in [0.29, 0.717) is 0 Å². The zero-order chi connectivity index (χ0) is 10.3. The van der Waals surface area contributed by atoms with Crippen LogP contribution in [-0.2, 0) is 11.3 Å². The van der Waals surface area contributed by atoms with Crippen molar-refractivity contribution in [2.45, 2.75) is 25.9 Å². The molecule has 1 aliphatic rings. The fourth-order valence-electron chi connectivity index (χ4n) is 1.92. The van der Waals surface area contributed by atoms with Crippen molar-refractivity contribution >= 4 is 0 Å². The van der Waals surface area contributed by atoms with Gasteiger partial charge in [-0.2, -0.15) is 0 Å². The lowest BCUT2D eigenvalue weighted by molar-refractivity contribution is 0.108. The molecule has 0 heterocycles. The fraction of sp³-hybridized carbons (Fsp3) is 0.429. The molecule has 1 nitrogen and oxygen atoms in total. The van der Waals surface area contributed by atoms with Gasteiger partial charge in [0.1, 0.15) is 0 Å². The lowest BCUT2D eigenvalue weighted by Crippen LogP contribution is -2.02. The van der Waals surface area contributed by atoms with Crippen LogP contribution >= 0.6 is 0 Å². The van der Waals surface area contributed by atoms with Gasteiger partial charge in [0.2, 0.25) is 0 Å². The third-order valence-electron chi connectivity index (χ3n) is 2.89. The van der Waals surface area contributed by atoms with Gasteiger partial charge in [0.05, 0.1) is 6.61 Å². The molecule has 0 saturated heterocycles. The van der Waals surface area contributed by atoms with Gasteiger partial charge in [-0.15, -0.1) is 0 Å². The highest BCUT2D eigenvalue weighted by Gasteiger charge is 2.09. The Labute approximate surface area is 91.8 Å². The largest absolute Gasteiger partial charge is 0.377 e. The van der Waals surface area contributed by atoms with Crippen molar-refractivity contribution in [3.63, 3.8) is 0 Å². The molecule has 1 aromatic carbocycles. The maximum Gasteiger partial charge on any atom is 0.0716 e. The molecule has 80 valence electrons. The molecule has 0 radical (unpaired) electrons. The Morgan fingerprint density at radius 2 is 1.80 bits per heavy atom. The van der Waals surface area contributed by atoms with E-state index in [2.05, 4.69) is 36.4 Å². The van der Waals surface area contributed by atoms with E-state index in [-0.39, 0.29) is 0 Å². The highest BCUT2D eigenvalue weighted by atomic mass is 16.5. The van der Waals surface area contributed by atoms with E-state index in [4.69, 9.17) is 4.74 Å². The van der Waals surface area contributed by atoms with E-state index in [1.165, 1.54) is 24.8 Å². The Morgan fingerprint density at radius 1 is 1.07 bits per heavy atom. The lowest BCUT2D eigenvalue weighted by atomic mass is 10.0. The summed E-state index contributed by atoms with van der Waals surface area (Å²) in [7, 11) is 0. The minimum Gasteiger partial charge on any atom is -0.377 e. The Bertz CT molecular complexity index is 294. The minimum absolute atomic E-state index is 0.751. The lowest BCUT2D eigenvalue weighted by Gasteiger charge is -2.09. The number of hydrogen-bond donors (Lipinski definition) is 0. The van der Waals surface area contributed by atoms with Crippen LogP contribution in [0.2, 0.25) is 0 Å². The van der Waals surface area contributed by atoms with E-state index in [9.17, 15) is 0 Å². The molecule has 0 amide bonds. The Kier molecular flexibility index (Phi) is 3.98. The summed E-state index contributed by atoms with van der Waals surface area (Å²) in [6.07, 6.45) is 8.24. The zero-order valence-electron chi connectivity index (χ0n) is 9.06. The summed E-state index contributed by atoms with van der Waals surface area (Å²) in [6.45, 7) is 1.64. The second-order valence-electron chi connectivity index (χ2n) is 4.14. The maximum absolute atomic E-state index is 5.65. The van der Waals surface area contributed by atoms with Gasteiger partial charge in [0, 0.05) is 6.61 Å². The smallest absolute Gasteiger partial charge is 0.0716 e. The van der Waals surface area contributed by atoms with E-state index in [1.54, 1.807) is 0 Å². The van der Waals surface area contributed by atoms with E-state index < -0.39 is 0 Å². The van der Waals surface area contributed by atoms with Crippen LogP contribution in [0.3, 0.4) is 0 Å². The zero-order valence-corrected chi connectivity index (χ0v) is 9.06. The fourth-order valence-corrected chi connectivity index (χ4v) is 1.92. The first-order chi connectivity index (χ1) is 7.45. The Balaban J connectivity index is 1.59. The van der Waals surface area contributed by atoms with Gasteiger partial charge in [-0.3, -0.25) is 0 Å². The molecule has 0 aromatic heterocycles. The molecule has 0 unspecified atom stereocenters. The molecule has 1 aromatic rings. The van der Waals surface area contributed by atoms with Crippen molar-refractivity contribution in [2.24, 2.45) is 5.92 Å². The van der Waals surface area contributed by atoms with E-state index in [1.807, 2.05) is 6.07 Å². The van der Waals surface area contributed by atoms with Gasteiger partial charge in [0.25, 0.3) is 0 Å². The third kappa shape index (κ3) is 3.52. The minimum atomic E-state index is 0.751. The summed E-state index contributed by atoms with van der Waals surface area (Å²) in [5.74, 6) is 0.834. The molecule has 0 N–H and O–H groups in total. The van der Waals surface area contributed by atoms with Crippen molar-refractivity contribution in [2.75, 3.05) is 6.61 Å². The molecule has 1 aliphatic carbocycles. The van der Waals surface area contributed by atoms with Gasteiger partial charge in [-0.05, 0) is 30.7 Å². The predicted molar refractivity (Wildman–Crippen MR) is 62.6 cm³/mol. The van der Waals surface area contributed by atoms with E-state index >= 15 is 0 Å². The molecule has 2 rings (SSSR count). The second-order valence-corrected chi connectivity index (χ2v) is 4.14. The molecule has 0 spiro atoms. The van der Waals surface area contributed by atoms with Crippen LogP contribution in [0.1, 0.15) is 24.8 Å². The Hall–Kier alpha value is -1.08. The van der Waals surface area contributed by atoms with Gasteiger partial charge >= 0.3 is 0 Å². The van der Waals surface area contributed by atoms with Crippen LogP contribution in [0, 0.1) is 5.92 Å². The number of hydrogen-bond acceptors (Lipinski definition) is 1. The summed E-state index contributed by atoms with van der Waals surface area (Å²) in [4.78, 5) is 0. The van der Waals surface area contributed by atoms with Crippen molar-refractivity contribution in [1.29, 1.82) is 0 Å². The monoisotopic (exact) mass is 202 g/mol. The number of rotatable bonds is 5. The van der Waals surface area contributed by atoms with Crippen molar-refractivity contribution < 1.29 is 4.74 Å². The van der Waals surface area contributed by atoms with Gasteiger partial charge < -0.3 is 4.74 Å². The highest BCUT2D eigenvalue weighted by Crippen LogP contribution is 2.21. The highest BCUT2D eigenvalue weighted by molar-refractivity contribution is 5.13. The molecule has 0 atom stereocenters. The maximum atomic E-state index is 5.65. The molecule has 0 fully saturated rings. The quantitative estimate of drug-likeness (QED) is 0.524. The van der Waals surface area contributed by atoms with Crippen molar-refractivity contribution in [3.05, 3.63) is 48.0 Å². The standard InChI is InChI=1S/C14H18O/c1-2-8-14(9-3-1)12-15-11-10-13-6-4-5-7-13/h1-5,8-9,13H,6-7,10-12H2. The number of allylic oxidation sites excluding steroid dienone is 2. The molecule has 1 heteroatoms. The first kappa shape index (κ1) is 10.4. The average Bonchev–Trinajstić information content (AvgIpc) is 2.79. The molecule has 0 bridgehead atoms. The predicted octanol–water partition coefficient (Wildman–Crippen LogP) is 3.56. The Morgan fingerprint density at radius 3 is 2.53 bits per heavy atom. The first-order valence-electron chi connectivity index (χ1n) is 5.72. The van der Waals surface area contributed by atoms with Crippen LogP contribution in [0.25, 0.3) is 0 Å². The summed E-state index contributed by atoms with van der Waals surface area (Å²) in [6, 6.07) is 10.4. The molecule has 0 saturated carbocycles. The van der Waals surface area contributed by atoms with Gasteiger partial charge in [-0.25, -0.2) is 0 Å². The second kappa shape index (κ2) is 5.72. The van der Waals surface area contributed by atoms with Crippen LogP contribution in [0.4, 0.5) is 0 Å². The van der Waals surface area contributed by atoms with Crippen LogP contribution < -0.4 is 0 Å². The van der Waals surface area contributed by atoms with Gasteiger partial charge in [0.15, 0.2) is 0 Å². The molecular formula is C14H18O. The summed E-state index contributed by atoms with van der Waals surface area (Å²) >= 11 is 0. The summed E-state index contributed by atoms with van der Waals surface area (Å²) in [5.41, 5.74) is 1.27. The normalized spacial score (nSPS) is 16.0. The first-order valence-corrected chi connectivity index (χ1v) is 5.72. The third-order valence-corrected chi connectivity index (χ3v) is 2.89. The van der Waals surface area contributed by atoms with E-state index in [0.717, 1.165) is 19.1 Å². The van der Waals surface area contributed by atoms with Gasteiger partial charge in [-0.1, -0.05) is 42.5 Å². The molecule has 0 aliphatic heterocycles. The molecular weight excluding hydrogens is 184 g/mol.